The van der Waals surface area contributed by atoms with Crippen LogP contribution in [-0.4, -0.2) is 12.9 Å². The first-order valence-corrected chi connectivity index (χ1v) is 8.47. The second-order valence-corrected chi connectivity index (χ2v) is 5.55. The molecule has 0 aromatic heterocycles. The van der Waals surface area contributed by atoms with E-state index in [1.54, 1.807) is 6.07 Å². The molecule has 0 fully saturated rings. The molecule has 0 bridgehead atoms. The third-order valence-corrected chi connectivity index (χ3v) is 4.37. The Bertz CT molecular complexity index is 671. The number of ketones is 1. The Hall–Kier alpha value is -1.20. The monoisotopic (exact) mass is 414 g/mol. The fraction of sp³-hybridized carbons (Fsp3) is 0.188. The lowest BCUT2D eigenvalue weighted by atomic mass is 9.97. The minimum Gasteiger partial charge on any atom is -0.496 e. The van der Waals surface area contributed by atoms with Crippen molar-refractivity contribution in [1.29, 1.82) is 0 Å². The molecule has 0 unspecified atom stereocenters. The average Bonchev–Trinajstić information content (AvgIpc) is 2.53. The highest BCUT2D eigenvalue weighted by Gasteiger charge is 2.18. The van der Waals surface area contributed by atoms with Gasteiger partial charge in [-0.1, -0.05) is 50.1 Å². The van der Waals surface area contributed by atoms with Gasteiger partial charge in [-0.15, -0.1) is 0 Å². The minimum atomic E-state index is -0.432. The highest BCUT2D eigenvalue weighted by atomic mass is 79.9. The van der Waals surface area contributed by atoms with Gasteiger partial charge in [-0.25, -0.2) is 4.39 Å². The quantitative estimate of drug-likeness (QED) is 0.515. The van der Waals surface area contributed by atoms with Crippen molar-refractivity contribution in [3.8, 4) is 5.75 Å². The molecule has 2 aromatic rings. The van der Waals surface area contributed by atoms with Crippen LogP contribution >= 0.6 is 31.9 Å². The molecule has 0 radical (unpaired) electrons. The molecule has 5 heteroatoms. The smallest absolute Gasteiger partial charge is 0.197 e. The Morgan fingerprint density at radius 1 is 1.10 bits per heavy atom. The summed E-state index contributed by atoms with van der Waals surface area (Å²) >= 11 is 6.80. The van der Waals surface area contributed by atoms with Crippen molar-refractivity contribution in [2.75, 3.05) is 7.11 Å². The number of carbonyl (C=O) groups is 1. The van der Waals surface area contributed by atoms with Crippen molar-refractivity contribution < 1.29 is 13.9 Å². The Balaban J connectivity index is 2.49. The van der Waals surface area contributed by atoms with Gasteiger partial charge in [0.25, 0.3) is 0 Å². The molecule has 0 spiro atoms. The molecule has 2 nitrogen and oxygen atoms in total. The van der Waals surface area contributed by atoms with Gasteiger partial charge < -0.3 is 4.74 Å². The summed E-state index contributed by atoms with van der Waals surface area (Å²) in [5, 5.41) is 1.29. The minimum absolute atomic E-state index is 0.178. The molecule has 0 aliphatic rings. The topological polar surface area (TPSA) is 26.3 Å². The van der Waals surface area contributed by atoms with E-state index in [0.717, 1.165) is 16.5 Å². The van der Waals surface area contributed by atoms with Gasteiger partial charge in [-0.2, -0.15) is 0 Å². The van der Waals surface area contributed by atoms with Crippen molar-refractivity contribution in [3.63, 3.8) is 0 Å². The molecular weight excluding hydrogens is 403 g/mol. The molecule has 0 heterocycles. The Morgan fingerprint density at radius 3 is 2.43 bits per heavy atom. The highest BCUT2D eigenvalue weighted by molar-refractivity contribution is 9.08. The molecule has 0 amide bonds. The third kappa shape index (κ3) is 3.52. The predicted molar refractivity (Wildman–Crippen MR) is 88.1 cm³/mol. The second-order valence-electron chi connectivity index (χ2n) is 4.43. The standard InChI is InChI=1S/C16H13Br2FO2/c1-21-15-7-12(19)3-5-14(15)16(20)13-4-2-10(8-17)6-11(13)9-18/h2-7H,8-9H2,1H3. The van der Waals surface area contributed by atoms with E-state index < -0.39 is 5.82 Å². The van der Waals surface area contributed by atoms with Crippen LogP contribution in [0, 0.1) is 5.82 Å². The van der Waals surface area contributed by atoms with Gasteiger partial charge in [0.05, 0.1) is 12.7 Å². The summed E-state index contributed by atoms with van der Waals surface area (Å²) in [4.78, 5) is 12.7. The molecule has 0 aliphatic heterocycles. The van der Waals surface area contributed by atoms with Crippen molar-refractivity contribution in [2.45, 2.75) is 10.7 Å². The Morgan fingerprint density at radius 2 is 1.81 bits per heavy atom. The lowest BCUT2D eigenvalue weighted by Crippen LogP contribution is -2.07. The zero-order chi connectivity index (χ0) is 15.4. The molecule has 0 aliphatic carbocycles. The van der Waals surface area contributed by atoms with Gasteiger partial charge in [0.15, 0.2) is 5.78 Å². The van der Waals surface area contributed by atoms with Crippen LogP contribution in [0.5, 0.6) is 5.75 Å². The van der Waals surface area contributed by atoms with E-state index in [9.17, 15) is 9.18 Å². The summed E-state index contributed by atoms with van der Waals surface area (Å²) in [6.07, 6.45) is 0. The number of halogens is 3. The van der Waals surface area contributed by atoms with E-state index in [1.807, 2.05) is 12.1 Å². The summed E-state index contributed by atoms with van der Waals surface area (Å²) < 4.78 is 18.3. The van der Waals surface area contributed by atoms with Gasteiger partial charge in [0.2, 0.25) is 0 Å². The van der Waals surface area contributed by atoms with E-state index in [0.29, 0.717) is 16.5 Å². The second kappa shape index (κ2) is 7.18. The number of ether oxygens (including phenoxy) is 1. The van der Waals surface area contributed by atoms with Crippen LogP contribution in [0.1, 0.15) is 27.0 Å². The number of alkyl halides is 2. The van der Waals surface area contributed by atoms with Crippen LogP contribution in [0.3, 0.4) is 0 Å². The van der Waals surface area contributed by atoms with Gasteiger partial charge in [0, 0.05) is 22.3 Å². The molecule has 0 N–H and O–H groups in total. The van der Waals surface area contributed by atoms with Crippen molar-refractivity contribution in [2.24, 2.45) is 0 Å². The van der Waals surface area contributed by atoms with Crippen LogP contribution in [0.15, 0.2) is 36.4 Å². The maximum atomic E-state index is 13.2. The van der Waals surface area contributed by atoms with Gasteiger partial charge in [-0.05, 0) is 23.3 Å². The lowest BCUT2D eigenvalue weighted by Gasteiger charge is -2.11. The molecule has 21 heavy (non-hydrogen) atoms. The van der Waals surface area contributed by atoms with Crippen molar-refractivity contribution in [1.82, 2.24) is 0 Å². The molecular formula is C16H13Br2FO2. The Labute approximate surface area is 139 Å². The molecule has 2 aromatic carbocycles. The van der Waals surface area contributed by atoms with Crippen LogP contribution in [0.25, 0.3) is 0 Å². The number of carbonyl (C=O) groups excluding carboxylic acids is 1. The van der Waals surface area contributed by atoms with Gasteiger partial charge in [-0.3, -0.25) is 4.79 Å². The lowest BCUT2D eigenvalue weighted by molar-refractivity contribution is 0.103. The Kier molecular flexibility index (Phi) is 5.53. The fourth-order valence-electron chi connectivity index (χ4n) is 2.06. The number of hydrogen-bond acceptors (Lipinski definition) is 2. The molecule has 0 atom stereocenters. The molecule has 0 saturated carbocycles. The van der Waals surface area contributed by atoms with Gasteiger partial charge in [0.1, 0.15) is 11.6 Å². The zero-order valence-corrected chi connectivity index (χ0v) is 14.5. The average molecular weight is 416 g/mol. The van der Waals surface area contributed by atoms with Crippen LogP contribution in [0.4, 0.5) is 4.39 Å². The summed E-state index contributed by atoms with van der Waals surface area (Å²) in [5.74, 6) is -0.369. The van der Waals surface area contributed by atoms with Crippen LogP contribution < -0.4 is 4.74 Å². The maximum absolute atomic E-state index is 13.2. The maximum Gasteiger partial charge on any atom is 0.197 e. The molecule has 110 valence electrons. The SMILES string of the molecule is COc1cc(F)ccc1C(=O)c1ccc(CBr)cc1CBr. The third-order valence-electron chi connectivity index (χ3n) is 3.12. The van der Waals surface area contributed by atoms with E-state index in [4.69, 9.17) is 4.74 Å². The summed E-state index contributed by atoms with van der Waals surface area (Å²) in [5.41, 5.74) is 2.92. The number of rotatable bonds is 5. The predicted octanol–water partition coefficient (Wildman–Crippen LogP) is 4.86. The van der Waals surface area contributed by atoms with E-state index >= 15 is 0 Å². The van der Waals surface area contributed by atoms with E-state index in [1.165, 1.54) is 25.3 Å². The van der Waals surface area contributed by atoms with Crippen molar-refractivity contribution in [3.05, 3.63) is 64.5 Å². The molecule has 2 rings (SSSR count). The highest BCUT2D eigenvalue weighted by Crippen LogP contribution is 2.26. The van der Waals surface area contributed by atoms with Gasteiger partial charge >= 0.3 is 0 Å². The van der Waals surface area contributed by atoms with E-state index in [-0.39, 0.29) is 11.5 Å². The van der Waals surface area contributed by atoms with Crippen molar-refractivity contribution >= 4 is 37.6 Å². The summed E-state index contributed by atoms with van der Waals surface area (Å²) in [7, 11) is 1.42. The van der Waals surface area contributed by atoms with Crippen LogP contribution in [0.2, 0.25) is 0 Å². The first-order valence-electron chi connectivity index (χ1n) is 6.22. The largest absolute Gasteiger partial charge is 0.496 e. The normalized spacial score (nSPS) is 10.5. The first kappa shape index (κ1) is 16.2. The summed E-state index contributed by atoms with van der Waals surface area (Å²) in [6.45, 7) is 0. The van der Waals surface area contributed by atoms with Crippen LogP contribution in [-0.2, 0) is 10.7 Å². The fourth-order valence-corrected chi connectivity index (χ4v) is 2.87. The summed E-state index contributed by atoms with van der Waals surface area (Å²) in [6, 6.07) is 9.58. The molecule has 0 saturated heterocycles. The first-order chi connectivity index (χ1) is 10.1. The number of methoxy groups -OCH3 is 1. The zero-order valence-electron chi connectivity index (χ0n) is 11.3. The van der Waals surface area contributed by atoms with E-state index in [2.05, 4.69) is 31.9 Å². The number of hydrogen-bond donors (Lipinski definition) is 0. The number of benzene rings is 2.